The van der Waals surface area contributed by atoms with E-state index in [9.17, 15) is 4.79 Å². The Morgan fingerprint density at radius 2 is 2.04 bits per heavy atom. The molecule has 0 radical (unpaired) electrons. The molecule has 0 aromatic heterocycles. The number of methoxy groups -OCH3 is 1. The van der Waals surface area contributed by atoms with E-state index in [-0.39, 0.29) is 22.4 Å². The van der Waals surface area contributed by atoms with Gasteiger partial charge in [-0.2, -0.15) is 0 Å². The van der Waals surface area contributed by atoms with Gasteiger partial charge in [0, 0.05) is 0 Å². The Morgan fingerprint density at radius 3 is 2.71 bits per heavy atom. The third kappa shape index (κ3) is 1.91. The highest BCUT2D eigenvalue weighted by Gasteiger charge is 2.67. The molecule has 6 atom stereocenters. The first-order valence-corrected chi connectivity index (χ1v) is 9.76. The maximum atomic E-state index is 12.6. The average molecular weight is 332 g/mol. The van der Waals surface area contributed by atoms with Gasteiger partial charge in [-0.15, -0.1) is 0 Å². The Hall–Kier alpha value is -0.830. The molecule has 0 unspecified atom stereocenters. The number of allylic oxidation sites excluding steroid dienone is 1. The van der Waals surface area contributed by atoms with Gasteiger partial charge in [0.05, 0.1) is 12.5 Å². The number of rotatable bonds is 2. The van der Waals surface area contributed by atoms with Crippen LogP contribution in [0.4, 0.5) is 0 Å². The van der Waals surface area contributed by atoms with Gasteiger partial charge in [0.2, 0.25) is 0 Å². The summed E-state index contributed by atoms with van der Waals surface area (Å²) in [6, 6.07) is 0. The van der Waals surface area contributed by atoms with Gasteiger partial charge < -0.3 is 9.47 Å². The minimum Gasteiger partial charge on any atom is -0.469 e. The fourth-order valence-corrected chi connectivity index (χ4v) is 6.72. The van der Waals surface area contributed by atoms with Crippen LogP contribution < -0.4 is 0 Å². The van der Waals surface area contributed by atoms with Gasteiger partial charge in [-0.3, -0.25) is 4.79 Å². The predicted octanol–water partition coefficient (Wildman–Crippen LogP) is 4.51. The minimum absolute atomic E-state index is 0.00900. The monoisotopic (exact) mass is 332 g/mol. The zero-order valence-electron chi connectivity index (χ0n) is 15.9. The van der Waals surface area contributed by atoms with E-state index in [0.717, 1.165) is 19.3 Å². The van der Waals surface area contributed by atoms with E-state index in [1.165, 1.54) is 19.3 Å². The zero-order chi connectivity index (χ0) is 17.3. The number of carbonyl (C=O) groups excluding carboxylic acids is 1. The lowest BCUT2D eigenvalue weighted by Gasteiger charge is -2.57. The number of hydrogen-bond donors (Lipinski definition) is 0. The van der Waals surface area contributed by atoms with Crippen LogP contribution in [0.5, 0.6) is 0 Å². The molecule has 0 amide bonds. The smallest absolute Gasteiger partial charge is 0.311 e. The molecule has 0 bridgehead atoms. The van der Waals surface area contributed by atoms with E-state index in [2.05, 4.69) is 33.8 Å². The highest BCUT2D eigenvalue weighted by molar-refractivity contribution is 5.77. The lowest BCUT2D eigenvalue weighted by atomic mass is 9.46. The molecule has 0 aromatic carbocycles. The first kappa shape index (κ1) is 16.6. The number of epoxide rings is 1. The fraction of sp³-hybridized carbons (Fsp3) is 0.857. The molecule has 0 spiro atoms. The second-order valence-electron chi connectivity index (χ2n) is 9.46. The van der Waals surface area contributed by atoms with Gasteiger partial charge in [0.1, 0.15) is 11.7 Å². The van der Waals surface area contributed by atoms with Crippen LogP contribution in [0.15, 0.2) is 11.6 Å². The summed E-state index contributed by atoms with van der Waals surface area (Å²) in [5.74, 6) is 1.55. The molecule has 3 nitrogen and oxygen atoms in total. The number of hydrogen-bond acceptors (Lipinski definition) is 3. The fourth-order valence-electron chi connectivity index (χ4n) is 6.72. The largest absolute Gasteiger partial charge is 0.469 e. The molecule has 2 saturated carbocycles. The van der Waals surface area contributed by atoms with Crippen molar-refractivity contribution in [2.45, 2.75) is 77.9 Å². The van der Waals surface area contributed by atoms with E-state index in [1.807, 2.05) is 0 Å². The van der Waals surface area contributed by atoms with Crippen molar-refractivity contribution in [2.75, 3.05) is 7.11 Å². The summed E-state index contributed by atoms with van der Waals surface area (Å²) in [6.07, 6.45) is 9.50. The molecule has 1 aliphatic heterocycles. The molecule has 0 aromatic rings. The van der Waals surface area contributed by atoms with Crippen LogP contribution in [-0.2, 0) is 14.3 Å². The van der Waals surface area contributed by atoms with E-state index in [4.69, 9.17) is 9.47 Å². The summed E-state index contributed by atoms with van der Waals surface area (Å²) >= 11 is 0. The Bertz CT molecular complexity index is 594. The first-order valence-electron chi connectivity index (χ1n) is 9.76. The molecule has 134 valence electrons. The van der Waals surface area contributed by atoms with E-state index in [0.29, 0.717) is 23.9 Å². The number of esters is 1. The maximum Gasteiger partial charge on any atom is 0.311 e. The highest BCUT2D eigenvalue weighted by atomic mass is 16.6. The number of carbonyl (C=O) groups is 1. The van der Waals surface area contributed by atoms with Crippen molar-refractivity contribution in [2.24, 2.45) is 28.6 Å². The van der Waals surface area contributed by atoms with Crippen molar-refractivity contribution in [3.05, 3.63) is 11.6 Å². The Kier molecular flexibility index (Phi) is 3.53. The van der Waals surface area contributed by atoms with Crippen LogP contribution >= 0.6 is 0 Å². The second-order valence-corrected chi connectivity index (χ2v) is 9.46. The Balaban J connectivity index is 1.70. The molecule has 24 heavy (non-hydrogen) atoms. The number of fused-ring (bicyclic) bond motifs is 5. The molecule has 4 aliphatic rings. The van der Waals surface area contributed by atoms with E-state index in [1.54, 1.807) is 12.7 Å². The van der Waals surface area contributed by atoms with Crippen molar-refractivity contribution in [3.63, 3.8) is 0 Å². The predicted molar refractivity (Wildman–Crippen MR) is 93.4 cm³/mol. The molecule has 3 heteroatoms. The van der Waals surface area contributed by atoms with Gasteiger partial charge in [-0.25, -0.2) is 0 Å². The van der Waals surface area contributed by atoms with Crippen LogP contribution in [-0.4, -0.2) is 24.8 Å². The van der Waals surface area contributed by atoms with Gasteiger partial charge in [-0.05, 0) is 67.8 Å². The van der Waals surface area contributed by atoms with E-state index >= 15 is 0 Å². The quantitative estimate of drug-likeness (QED) is 0.424. The summed E-state index contributed by atoms with van der Waals surface area (Å²) in [6.45, 7) is 9.18. The van der Waals surface area contributed by atoms with Crippen molar-refractivity contribution < 1.29 is 14.3 Å². The Morgan fingerprint density at radius 1 is 1.29 bits per heavy atom. The average Bonchev–Trinajstić information content (AvgIpc) is 3.30. The summed E-state index contributed by atoms with van der Waals surface area (Å²) in [7, 11) is 1.54. The van der Waals surface area contributed by atoms with Gasteiger partial charge >= 0.3 is 5.97 Å². The molecule has 1 saturated heterocycles. The third-order valence-electron chi connectivity index (χ3n) is 8.24. The molecule has 0 N–H and O–H groups in total. The first-order chi connectivity index (χ1) is 11.3. The topological polar surface area (TPSA) is 38.8 Å². The zero-order valence-corrected chi connectivity index (χ0v) is 15.9. The second kappa shape index (κ2) is 5.09. The summed E-state index contributed by atoms with van der Waals surface area (Å²) in [5, 5.41) is 0. The minimum atomic E-state index is -0.333. The van der Waals surface area contributed by atoms with Crippen molar-refractivity contribution in [1.82, 2.24) is 0 Å². The molecule has 4 rings (SSSR count). The molecular weight excluding hydrogens is 300 g/mol. The van der Waals surface area contributed by atoms with Crippen LogP contribution in [0, 0.1) is 28.6 Å². The van der Waals surface area contributed by atoms with Gasteiger partial charge in [0.25, 0.3) is 0 Å². The lowest BCUT2D eigenvalue weighted by molar-refractivity contribution is -0.166. The van der Waals surface area contributed by atoms with Crippen LogP contribution in [0.2, 0.25) is 0 Å². The molecular formula is C21H32O3. The Labute approximate surface area is 146 Å². The maximum absolute atomic E-state index is 12.6. The van der Waals surface area contributed by atoms with Crippen LogP contribution in [0.1, 0.15) is 66.2 Å². The normalized spacial score (nSPS) is 49.6. The van der Waals surface area contributed by atoms with Gasteiger partial charge in [-0.1, -0.05) is 33.3 Å². The summed E-state index contributed by atoms with van der Waals surface area (Å²) < 4.78 is 11.5. The molecule has 3 fully saturated rings. The number of ether oxygens (including phenoxy) is 2. The van der Waals surface area contributed by atoms with Gasteiger partial charge in [0.15, 0.2) is 0 Å². The summed E-state index contributed by atoms with van der Waals surface area (Å²) in [5.41, 5.74) is 1.55. The standard InChI is InChI=1S/C21H32O3/c1-13(2)21-12-9-15-14(17(21)24-21)7-8-16-19(15,3)10-6-11-20(16,4)18(22)23-5/h7,13,15-17H,6,8-12H2,1-5H3/t15-,16+,17-,19+,20+,21-/m0/s1. The van der Waals surface area contributed by atoms with E-state index < -0.39 is 0 Å². The van der Waals surface area contributed by atoms with Crippen LogP contribution in [0.3, 0.4) is 0 Å². The van der Waals surface area contributed by atoms with Crippen molar-refractivity contribution >= 4 is 5.97 Å². The van der Waals surface area contributed by atoms with Crippen molar-refractivity contribution in [3.8, 4) is 0 Å². The molecule has 1 heterocycles. The highest BCUT2D eigenvalue weighted by Crippen LogP contribution is 2.67. The third-order valence-corrected chi connectivity index (χ3v) is 8.24. The van der Waals surface area contributed by atoms with Crippen molar-refractivity contribution in [1.29, 1.82) is 0 Å². The molecule has 3 aliphatic carbocycles. The lowest BCUT2D eigenvalue weighted by Crippen LogP contribution is -2.54. The SMILES string of the molecule is COC(=O)[C@]1(C)CCC[C@@]2(C)[C@H]1CC=C1[C@@H]2CC[C@@]2(C(C)C)O[C@@H]12. The summed E-state index contributed by atoms with van der Waals surface area (Å²) in [4.78, 5) is 12.6. The van der Waals surface area contributed by atoms with Crippen LogP contribution in [0.25, 0.3) is 0 Å².